The molecule has 0 radical (unpaired) electrons. The third kappa shape index (κ3) is 5.39. The molecule has 0 saturated carbocycles. The standard InChI is InChI=1S/C25H29FN4O/c1-17(31)29-23-11-10-19(14-21(23)26)24-15-25(20-8-2-3-9-22(20)30-24)28-13-5-7-18-6-4-12-27-16-18/h2-3,8-11,14-15,18,27H,4-7,12-13,16H2,1H3,(H,28,30)(H,29,31). The maximum absolute atomic E-state index is 14.5. The molecule has 1 fully saturated rings. The smallest absolute Gasteiger partial charge is 0.221 e. The summed E-state index contributed by atoms with van der Waals surface area (Å²) >= 11 is 0. The lowest BCUT2D eigenvalue weighted by atomic mass is 9.95. The molecule has 1 amide bonds. The molecule has 1 saturated heterocycles. The lowest BCUT2D eigenvalue weighted by Crippen LogP contribution is -2.29. The number of aromatic nitrogens is 1. The number of pyridine rings is 1. The summed E-state index contributed by atoms with van der Waals surface area (Å²) in [6.45, 7) is 4.52. The highest BCUT2D eigenvalue weighted by molar-refractivity contribution is 5.94. The van der Waals surface area contributed by atoms with E-state index in [1.807, 2.05) is 24.3 Å². The molecule has 0 spiro atoms. The summed E-state index contributed by atoms with van der Waals surface area (Å²) in [6, 6.07) is 14.8. The minimum Gasteiger partial charge on any atom is -0.384 e. The molecule has 2 heterocycles. The van der Waals surface area contributed by atoms with Crippen LogP contribution in [0.4, 0.5) is 15.8 Å². The first-order chi connectivity index (χ1) is 15.1. The second-order valence-corrected chi connectivity index (χ2v) is 8.23. The van der Waals surface area contributed by atoms with Crippen molar-refractivity contribution in [2.45, 2.75) is 32.6 Å². The Bertz CT molecular complexity index is 1060. The Morgan fingerprint density at radius 3 is 2.84 bits per heavy atom. The highest BCUT2D eigenvalue weighted by atomic mass is 19.1. The number of para-hydroxylation sites is 1. The fraction of sp³-hybridized carbons (Fsp3) is 0.360. The first kappa shape index (κ1) is 21.2. The molecule has 4 rings (SSSR count). The number of fused-ring (bicyclic) bond motifs is 1. The molecule has 31 heavy (non-hydrogen) atoms. The summed E-state index contributed by atoms with van der Waals surface area (Å²) in [6.07, 6.45) is 4.91. The fourth-order valence-electron chi connectivity index (χ4n) is 4.22. The van der Waals surface area contributed by atoms with Crippen LogP contribution in [0.3, 0.4) is 0 Å². The van der Waals surface area contributed by atoms with E-state index in [-0.39, 0.29) is 11.6 Å². The number of hydrogen-bond acceptors (Lipinski definition) is 4. The third-order valence-corrected chi connectivity index (χ3v) is 5.80. The second-order valence-electron chi connectivity index (χ2n) is 8.23. The maximum Gasteiger partial charge on any atom is 0.221 e. The number of nitrogens with zero attached hydrogens (tertiary/aromatic N) is 1. The first-order valence-electron chi connectivity index (χ1n) is 11.0. The van der Waals surface area contributed by atoms with Crippen molar-refractivity contribution >= 4 is 28.2 Å². The van der Waals surface area contributed by atoms with Gasteiger partial charge in [0, 0.05) is 30.1 Å². The van der Waals surface area contributed by atoms with Crippen LogP contribution in [0.2, 0.25) is 0 Å². The molecule has 1 atom stereocenters. The van der Waals surface area contributed by atoms with Crippen LogP contribution in [-0.2, 0) is 4.79 Å². The van der Waals surface area contributed by atoms with Crippen LogP contribution in [0.5, 0.6) is 0 Å². The Morgan fingerprint density at radius 1 is 1.19 bits per heavy atom. The van der Waals surface area contributed by atoms with Crippen molar-refractivity contribution in [2.75, 3.05) is 30.3 Å². The quantitative estimate of drug-likeness (QED) is 0.460. The zero-order valence-corrected chi connectivity index (χ0v) is 17.9. The van der Waals surface area contributed by atoms with E-state index in [2.05, 4.69) is 22.0 Å². The van der Waals surface area contributed by atoms with Crippen LogP contribution in [0.25, 0.3) is 22.2 Å². The van der Waals surface area contributed by atoms with E-state index in [1.165, 1.54) is 32.3 Å². The molecule has 3 N–H and O–H groups in total. The summed E-state index contributed by atoms with van der Waals surface area (Å²) < 4.78 is 14.5. The Morgan fingerprint density at radius 2 is 2.06 bits per heavy atom. The van der Waals surface area contributed by atoms with Gasteiger partial charge in [-0.25, -0.2) is 9.37 Å². The molecule has 1 aliphatic rings. The van der Waals surface area contributed by atoms with Crippen molar-refractivity contribution in [2.24, 2.45) is 5.92 Å². The zero-order chi connectivity index (χ0) is 21.6. The highest BCUT2D eigenvalue weighted by Gasteiger charge is 2.13. The molecule has 5 nitrogen and oxygen atoms in total. The van der Waals surface area contributed by atoms with Gasteiger partial charge in [-0.15, -0.1) is 0 Å². The van der Waals surface area contributed by atoms with E-state index in [4.69, 9.17) is 4.98 Å². The largest absolute Gasteiger partial charge is 0.384 e. The van der Waals surface area contributed by atoms with E-state index in [9.17, 15) is 9.18 Å². The summed E-state index contributed by atoms with van der Waals surface area (Å²) in [5.41, 5.74) is 3.42. The number of piperidine rings is 1. The van der Waals surface area contributed by atoms with Crippen molar-refractivity contribution in [3.05, 3.63) is 54.3 Å². The number of anilines is 2. The van der Waals surface area contributed by atoms with Crippen LogP contribution < -0.4 is 16.0 Å². The van der Waals surface area contributed by atoms with Crippen molar-refractivity contribution in [1.82, 2.24) is 10.3 Å². The molecular formula is C25H29FN4O. The second kappa shape index (κ2) is 9.88. The van der Waals surface area contributed by atoms with Gasteiger partial charge >= 0.3 is 0 Å². The Hall–Kier alpha value is -2.99. The van der Waals surface area contributed by atoms with Crippen molar-refractivity contribution in [3.63, 3.8) is 0 Å². The van der Waals surface area contributed by atoms with Gasteiger partial charge in [-0.05, 0) is 69.0 Å². The fourth-order valence-corrected chi connectivity index (χ4v) is 4.22. The van der Waals surface area contributed by atoms with Crippen molar-refractivity contribution in [1.29, 1.82) is 0 Å². The van der Waals surface area contributed by atoms with Crippen LogP contribution in [-0.4, -0.2) is 30.5 Å². The van der Waals surface area contributed by atoms with Crippen LogP contribution in [0.1, 0.15) is 32.6 Å². The number of carbonyl (C=O) groups excluding carboxylic acids is 1. The minimum absolute atomic E-state index is 0.174. The molecule has 2 aromatic carbocycles. The topological polar surface area (TPSA) is 66.1 Å². The van der Waals surface area contributed by atoms with Crippen LogP contribution in [0, 0.1) is 11.7 Å². The monoisotopic (exact) mass is 420 g/mol. The molecule has 1 aliphatic heterocycles. The molecule has 162 valence electrons. The number of halogens is 1. The lowest BCUT2D eigenvalue weighted by molar-refractivity contribution is -0.114. The number of benzene rings is 2. The van der Waals surface area contributed by atoms with E-state index in [0.717, 1.165) is 48.6 Å². The Balaban J connectivity index is 1.53. The van der Waals surface area contributed by atoms with E-state index < -0.39 is 5.82 Å². The predicted octanol–water partition coefficient (Wildman–Crippen LogP) is 5.19. The van der Waals surface area contributed by atoms with Gasteiger partial charge in [0.2, 0.25) is 5.91 Å². The molecule has 1 aromatic heterocycles. The van der Waals surface area contributed by atoms with Gasteiger partial charge < -0.3 is 16.0 Å². The van der Waals surface area contributed by atoms with Crippen molar-refractivity contribution < 1.29 is 9.18 Å². The predicted molar refractivity (Wildman–Crippen MR) is 125 cm³/mol. The number of nitrogens with one attached hydrogen (secondary N) is 3. The first-order valence-corrected chi connectivity index (χ1v) is 11.0. The number of rotatable bonds is 7. The van der Waals surface area contributed by atoms with Gasteiger partial charge in [0.1, 0.15) is 5.82 Å². The third-order valence-electron chi connectivity index (χ3n) is 5.80. The van der Waals surface area contributed by atoms with Gasteiger partial charge in [0.05, 0.1) is 16.9 Å². The van der Waals surface area contributed by atoms with E-state index >= 15 is 0 Å². The van der Waals surface area contributed by atoms with Crippen molar-refractivity contribution in [3.8, 4) is 11.3 Å². The van der Waals surface area contributed by atoms with Gasteiger partial charge in [-0.3, -0.25) is 4.79 Å². The van der Waals surface area contributed by atoms with E-state index in [1.54, 1.807) is 12.1 Å². The number of amides is 1. The van der Waals surface area contributed by atoms with Crippen LogP contribution in [0.15, 0.2) is 48.5 Å². The molecule has 0 aliphatic carbocycles. The lowest BCUT2D eigenvalue weighted by Gasteiger charge is -2.22. The van der Waals surface area contributed by atoms with Crippen LogP contribution >= 0.6 is 0 Å². The molecule has 6 heteroatoms. The average Bonchev–Trinajstić information content (AvgIpc) is 2.78. The van der Waals surface area contributed by atoms with E-state index in [0.29, 0.717) is 11.3 Å². The SMILES string of the molecule is CC(=O)Nc1ccc(-c2cc(NCCCC3CCCNC3)c3ccccc3n2)cc1F. The van der Waals surface area contributed by atoms with Gasteiger partial charge in [-0.1, -0.05) is 24.3 Å². The molecule has 1 unspecified atom stereocenters. The number of hydrogen-bond donors (Lipinski definition) is 3. The summed E-state index contributed by atoms with van der Waals surface area (Å²) in [5, 5.41) is 10.6. The van der Waals surface area contributed by atoms with Gasteiger partial charge in [-0.2, -0.15) is 0 Å². The zero-order valence-electron chi connectivity index (χ0n) is 17.9. The molecule has 3 aromatic rings. The normalized spacial score (nSPS) is 16.3. The minimum atomic E-state index is -0.474. The molecule has 0 bridgehead atoms. The highest BCUT2D eigenvalue weighted by Crippen LogP contribution is 2.30. The Kier molecular flexibility index (Phi) is 6.77. The van der Waals surface area contributed by atoms with Gasteiger partial charge in [0.15, 0.2) is 0 Å². The summed E-state index contributed by atoms with van der Waals surface area (Å²) in [4.78, 5) is 16.0. The summed E-state index contributed by atoms with van der Waals surface area (Å²) in [7, 11) is 0. The maximum atomic E-state index is 14.5. The van der Waals surface area contributed by atoms with Gasteiger partial charge in [0.25, 0.3) is 0 Å². The Labute approximate surface area is 182 Å². The number of carbonyl (C=O) groups is 1. The average molecular weight is 421 g/mol. The summed E-state index contributed by atoms with van der Waals surface area (Å²) in [5.74, 6) is -0.00497. The molecular weight excluding hydrogens is 391 g/mol.